The second-order valence-corrected chi connectivity index (χ2v) is 15.0. The number of nitrogens with zero attached hydrogens (tertiary/aromatic N) is 7. The number of hydrogen-bond acceptors (Lipinski definition) is 11. The van der Waals surface area contributed by atoms with E-state index in [1.807, 2.05) is 0 Å². The number of aliphatic imine (C=N–C) groups is 1. The summed E-state index contributed by atoms with van der Waals surface area (Å²) in [4.78, 5) is 23.0. The maximum atomic E-state index is 15.0. The Morgan fingerprint density at radius 3 is 2.69 bits per heavy atom. The smallest absolute Gasteiger partial charge is 0.318 e. The van der Waals surface area contributed by atoms with E-state index in [9.17, 15) is 14.0 Å². The predicted molar refractivity (Wildman–Crippen MR) is 184 cm³/mol. The monoisotopic (exact) mass is 674 g/mol. The van der Waals surface area contributed by atoms with Crippen molar-refractivity contribution in [3.8, 4) is 23.3 Å². The predicted octanol–water partition coefficient (Wildman–Crippen LogP) is 6.55. The van der Waals surface area contributed by atoms with E-state index in [1.54, 1.807) is 12.3 Å². The first-order valence-electron chi connectivity index (χ1n) is 16.4. The Hall–Kier alpha value is -3.83. The molecule has 3 aromatic heterocycles. The van der Waals surface area contributed by atoms with Gasteiger partial charge in [-0.3, -0.25) is 14.9 Å². The molecule has 1 aromatic carbocycles. The number of hydrogen-bond donors (Lipinski definition) is 1. The van der Waals surface area contributed by atoms with Gasteiger partial charge in [0.15, 0.2) is 11.6 Å². The Kier molecular flexibility index (Phi) is 8.56. The van der Waals surface area contributed by atoms with E-state index in [1.165, 1.54) is 6.42 Å². The minimum absolute atomic E-state index is 0.00638. The van der Waals surface area contributed by atoms with E-state index in [4.69, 9.17) is 19.4 Å². The molecule has 4 heterocycles. The van der Waals surface area contributed by atoms with Crippen molar-refractivity contribution in [1.29, 1.82) is 5.26 Å². The van der Waals surface area contributed by atoms with Crippen molar-refractivity contribution in [2.24, 2.45) is 10.4 Å². The number of anilines is 1. The zero-order chi connectivity index (χ0) is 33.8. The number of rotatable bonds is 11. The molecule has 0 bridgehead atoms. The maximum absolute atomic E-state index is 15.0. The molecule has 252 valence electrons. The number of morpholine rings is 1. The Morgan fingerprint density at radius 2 is 2.02 bits per heavy atom. The van der Waals surface area contributed by atoms with Crippen molar-refractivity contribution in [2.75, 3.05) is 52.3 Å². The zero-order valence-corrected chi connectivity index (χ0v) is 28.6. The number of thiophene rings is 1. The normalized spacial score (nSPS) is 21.6. The molecule has 7 rings (SSSR count). The number of ether oxygens (including phenoxy) is 2. The molecule has 10 nitrogen and oxygen atoms in total. The first-order valence-corrected chi connectivity index (χ1v) is 17.3. The number of halogens is 2. The summed E-state index contributed by atoms with van der Waals surface area (Å²) < 4.78 is 42.1. The van der Waals surface area contributed by atoms with Gasteiger partial charge in [0.05, 0.1) is 46.2 Å². The second kappa shape index (κ2) is 12.6. The first kappa shape index (κ1) is 32.7. The summed E-state index contributed by atoms with van der Waals surface area (Å²) in [5.41, 5.74) is 1.33. The Bertz CT molecular complexity index is 1930. The van der Waals surface area contributed by atoms with Crippen LogP contribution in [0, 0.1) is 28.4 Å². The van der Waals surface area contributed by atoms with E-state index in [2.05, 4.69) is 65.8 Å². The fourth-order valence-electron chi connectivity index (χ4n) is 6.95. The number of fused-ring (bicyclic) bond motifs is 2. The highest BCUT2D eigenvalue weighted by Crippen LogP contribution is 2.48. The molecule has 13 heteroatoms. The van der Waals surface area contributed by atoms with Crippen LogP contribution in [0.5, 0.6) is 6.01 Å². The molecule has 0 amide bonds. The molecule has 2 atom stereocenters. The average molecular weight is 675 g/mol. The number of likely N-dealkylation sites (N-methyl/N-ethyl adjacent to an activating group) is 1. The Balaban J connectivity index is 1.25. The number of nitriles is 1. The fourth-order valence-corrected chi connectivity index (χ4v) is 7.96. The fraction of sp³-hybridized carbons (Fsp3) is 0.514. The van der Waals surface area contributed by atoms with Crippen LogP contribution in [0.1, 0.15) is 51.5 Å². The maximum Gasteiger partial charge on any atom is 0.318 e. The largest absolute Gasteiger partial charge is 0.463 e. The van der Waals surface area contributed by atoms with E-state index in [-0.39, 0.29) is 49.3 Å². The topological polar surface area (TPSA) is 112 Å². The Labute approximate surface area is 282 Å². The molecule has 48 heavy (non-hydrogen) atoms. The molecule has 2 saturated carbocycles. The van der Waals surface area contributed by atoms with Crippen LogP contribution in [0.4, 0.5) is 19.6 Å². The molecular weight excluding hydrogens is 635 g/mol. The van der Waals surface area contributed by atoms with Gasteiger partial charge in [-0.1, -0.05) is 0 Å². The molecular formula is C35H40F2N8O2S. The van der Waals surface area contributed by atoms with E-state index in [0.29, 0.717) is 41.6 Å². The molecule has 1 N–H and O–H groups in total. The highest BCUT2D eigenvalue weighted by atomic mass is 32.1. The third-order valence-corrected chi connectivity index (χ3v) is 11.6. The minimum atomic E-state index is -1.04. The van der Waals surface area contributed by atoms with Gasteiger partial charge in [0, 0.05) is 53.8 Å². The molecule has 1 saturated heterocycles. The summed E-state index contributed by atoms with van der Waals surface area (Å²) in [7, 11) is 4.20. The quantitative estimate of drug-likeness (QED) is 0.177. The third kappa shape index (κ3) is 5.89. The number of aromatic nitrogens is 3. The van der Waals surface area contributed by atoms with Crippen molar-refractivity contribution in [2.45, 2.75) is 63.6 Å². The lowest BCUT2D eigenvalue weighted by atomic mass is 9.75. The lowest BCUT2D eigenvalue weighted by molar-refractivity contribution is -0.0580. The van der Waals surface area contributed by atoms with Crippen LogP contribution in [0.3, 0.4) is 0 Å². The van der Waals surface area contributed by atoms with Gasteiger partial charge >= 0.3 is 6.01 Å². The average Bonchev–Trinajstić information content (AvgIpc) is 3.71. The Morgan fingerprint density at radius 1 is 1.23 bits per heavy atom. The van der Waals surface area contributed by atoms with Crippen LogP contribution in [0.15, 0.2) is 23.3 Å². The van der Waals surface area contributed by atoms with Crippen LogP contribution in [-0.4, -0.2) is 96.1 Å². The lowest BCUT2D eigenvalue weighted by Crippen LogP contribution is -2.54. The van der Waals surface area contributed by atoms with Crippen LogP contribution < -0.4 is 10.1 Å². The standard InChI is InChI=1S/C35H40F2N8O2S/c1-20-16-46-21(2)15-45(20)18-34(9-10-34)19-47-33-42-27-12-26(22-11-25(36)29(37)30-28(22)23(13-38)32(39-3)48-30)40-14-24(27)31(43-33)41-17-35(44(4)5)7-6-8-35/h11-12,14,20-21H,3,6-10,15-19H2,1-2,4-5H3,(H,41,42,43)/t20-,21+/m0/s1. The van der Waals surface area contributed by atoms with Gasteiger partial charge in [-0.25, -0.2) is 8.78 Å². The van der Waals surface area contributed by atoms with E-state index >= 15 is 0 Å². The summed E-state index contributed by atoms with van der Waals surface area (Å²) in [6, 6.07) is 5.47. The summed E-state index contributed by atoms with van der Waals surface area (Å²) in [6.45, 7) is 11.5. The molecule has 0 spiro atoms. The lowest BCUT2D eigenvalue weighted by Gasteiger charge is -2.47. The summed E-state index contributed by atoms with van der Waals surface area (Å²) in [6.07, 6.45) is 7.31. The van der Waals surface area contributed by atoms with Gasteiger partial charge in [-0.05, 0) is 78.9 Å². The number of benzene rings is 1. The van der Waals surface area contributed by atoms with Crippen LogP contribution >= 0.6 is 11.3 Å². The van der Waals surface area contributed by atoms with Crippen LogP contribution in [0.2, 0.25) is 0 Å². The molecule has 3 fully saturated rings. The summed E-state index contributed by atoms with van der Waals surface area (Å²) in [5.74, 6) is -1.47. The van der Waals surface area contributed by atoms with Crippen molar-refractivity contribution in [3.05, 3.63) is 35.5 Å². The van der Waals surface area contributed by atoms with Crippen molar-refractivity contribution in [1.82, 2.24) is 24.8 Å². The second-order valence-electron chi connectivity index (χ2n) is 14.0. The molecule has 2 aliphatic carbocycles. The molecule has 0 radical (unpaired) electrons. The highest BCUT2D eigenvalue weighted by Gasteiger charge is 2.46. The van der Waals surface area contributed by atoms with Gasteiger partial charge in [-0.2, -0.15) is 15.2 Å². The van der Waals surface area contributed by atoms with Gasteiger partial charge in [0.1, 0.15) is 16.9 Å². The van der Waals surface area contributed by atoms with Crippen molar-refractivity contribution >= 4 is 49.9 Å². The van der Waals surface area contributed by atoms with E-state index < -0.39 is 11.6 Å². The van der Waals surface area contributed by atoms with Gasteiger partial charge < -0.3 is 19.7 Å². The van der Waals surface area contributed by atoms with Crippen molar-refractivity contribution in [3.63, 3.8) is 0 Å². The first-order chi connectivity index (χ1) is 23.0. The molecule has 4 aromatic rings. The third-order valence-electron chi connectivity index (χ3n) is 10.5. The van der Waals surface area contributed by atoms with Crippen LogP contribution in [0.25, 0.3) is 32.2 Å². The molecule has 1 aliphatic heterocycles. The zero-order valence-electron chi connectivity index (χ0n) is 27.8. The molecule has 0 unspecified atom stereocenters. The minimum Gasteiger partial charge on any atom is -0.463 e. The highest BCUT2D eigenvalue weighted by molar-refractivity contribution is 7.23. The van der Waals surface area contributed by atoms with Gasteiger partial charge in [0.25, 0.3) is 0 Å². The number of nitrogens with one attached hydrogen (secondary N) is 1. The van der Waals surface area contributed by atoms with Crippen molar-refractivity contribution < 1.29 is 18.3 Å². The summed E-state index contributed by atoms with van der Waals surface area (Å²) >= 11 is 0.888. The number of pyridine rings is 1. The van der Waals surface area contributed by atoms with E-state index in [0.717, 1.165) is 62.8 Å². The van der Waals surface area contributed by atoms with Crippen LogP contribution in [-0.2, 0) is 4.74 Å². The summed E-state index contributed by atoms with van der Waals surface area (Å²) in [5, 5.41) is 14.7. The van der Waals surface area contributed by atoms with Gasteiger partial charge in [0.2, 0.25) is 0 Å². The van der Waals surface area contributed by atoms with Gasteiger partial charge in [-0.15, -0.1) is 11.3 Å². The molecule has 3 aliphatic rings. The SMILES string of the molecule is C=Nc1sc2c(F)c(F)cc(-c3cc4nc(OCC5(CN6C[C@@H](C)OC[C@@H]6C)CC5)nc(NCC5(N(C)C)CCC5)c4cn3)c2c1C#N.